The summed E-state index contributed by atoms with van der Waals surface area (Å²) in [5.41, 5.74) is 12.2. The predicted molar refractivity (Wildman–Crippen MR) is 150 cm³/mol. The van der Waals surface area contributed by atoms with Crippen LogP contribution in [0.1, 0.15) is 27.9 Å². The molecule has 0 saturated carbocycles. The van der Waals surface area contributed by atoms with Crippen LogP contribution in [-0.4, -0.2) is 51.1 Å². The quantitative estimate of drug-likeness (QED) is 0.0714. The summed E-state index contributed by atoms with van der Waals surface area (Å²) in [6.07, 6.45) is -5.33. The van der Waals surface area contributed by atoms with E-state index < -0.39 is 36.4 Å². The van der Waals surface area contributed by atoms with Gasteiger partial charge in [-0.3, -0.25) is 0 Å². The van der Waals surface area contributed by atoms with Crippen molar-refractivity contribution < 1.29 is 55.2 Å². The first kappa shape index (κ1) is 33.6. The van der Waals surface area contributed by atoms with Gasteiger partial charge in [-0.15, -0.1) is 0 Å². The average Bonchev–Trinajstić information content (AvgIpc) is 2.95. The van der Waals surface area contributed by atoms with Crippen LogP contribution in [0.5, 0.6) is 11.5 Å². The van der Waals surface area contributed by atoms with Crippen LogP contribution in [0.2, 0.25) is 0 Å². The molecule has 3 rings (SSSR count). The average molecular weight is 625 g/mol. The third-order valence-electron chi connectivity index (χ3n) is 5.47. The highest BCUT2D eigenvalue weighted by Gasteiger charge is 2.34. The third kappa shape index (κ3) is 11.8. The second-order valence-corrected chi connectivity index (χ2v) is 9.11. The molecule has 0 saturated heterocycles. The maximum Gasteiger partial charge on any atom is 0.426 e. The molecule has 0 heterocycles. The minimum absolute atomic E-state index is 0.00166. The number of rotatable bonds is 15. The summed E-state index contributed by atoms with van der Waals surface area (Å²) in [5, 5.41) is 0. The Morgan fingerprint density at radius 2 is 1.36 bits per heavy atom. The van der Waals surface area contributed by atoms with Crippen LogP contribution >= 0.6 is 0 Å². The van der Waals surface area contributed by atoms with Crippen molar-refractivity contribution >= 4 is 29.4 Å². The van der Waals surface area contributed by atoms with E-state index in [1.54, 1.807) is 0 Å². The Morgan fingerprint density at radius 1 is 0.750 bits per heavy atom. The van der Waals surface area contributed by atoms with Crippen LogP contribution in [0.15, 0.2) is 72.8 Å². The molecule has 0 atom stereocenters. The van der Waals surface area contributed by atoms with Crippen molar-refractivity contribution in [1.82, 2.24) is 0 Å². The van der Waals surface area contributed by atoms with Gasteiger partial charge in [-0.05, 0) is 66.2 Å². The fourth-order valence-electron chi connectivity index (χ4n) is 3.49. The molecule has 4 N–H and O–H groups in total. The van der Waals surface area contributed by atoms with Crippen LogP contribution in [0, 0.1) is 0 Å². The van der Waals surface area contributed by atoms with Crippen molar-refractivity contribution in [1.29, 1.82) is 0 Å². The van der Waals surface area contributed by atoms with Gasteiger partial charge >= 0.3 is 24.2 Å². The summed E-state index contributed by atoms with van der Waals surface area (Å²) < 4.78 is 89.9. The van der Waals surface area contributed by atoms with E-state index in [9.17, 15) is 31.5 Å². The minimum Gasteiger partial charge on any atom is -0.491 e. The zero-order chi connectivity index (χ0) is 32.2. The maximum atomic E-state index is 14.6. The topological polar surface area (TPSA) is 132 Å². The van der Waals surface area contributed by atoms with E-state index in [1.165, 1.54) is 60.7 Å². The maximum absolute atomic E-state index is 14.6. The molecule has 0 aliphatic rings. The van der Waals surface area contributed by atoms with Crippen molar-refractivity contribution in [3.05, 3.63) is 89.5 Å². The summed E-state index contributed by atoms with van der Waals surface area (Å²) in [6, 6.07) is 14.4. The molecule has 236 valence electrons. The number of halogens is 5. The van der Waals surface area contributed by atoms with Crippen molar-refractivity contribution in [3.8, 4) is 11.5 Å². The number of nitrogen functional groups attached to an aromatic ring is 2. The largest absolute Gasteiger partial charge is 0.491 e. The Bertz CT molecular complexity index is 1390. The van der Waals surface area contributed by atoms with Crippen LogP contribution in [-0.2, 0) is 25.1 Å². The van der Waals surface area contributed by atoms with Crippen LogP contribution in [0.4, 0.5) is 33.3 Å². The number of ether oxygens (including phenoxy) is 5. The van der Waals surface area contributed by atoms with Gasteiger partial charge in [-0.1, -0.05) is 12.1 Å². The number of hydrogen-bond donors (Lipinski definition) is 2. The second-order valence-electron chi connectivity index (χ2n) is 9.11. The van der Waals surface area contributed by atoms with Gasteiger partial charge in [0.2, 0.25) is 0 Å². The van der Waals surface area contributed by atoms with E-state index in [0.717, 1.165) is 18.2 Å². The standard InChI is InChI=1S/C30H29F5N2O7/c31-29(32,33)19-40-14-15-41-25-9-5-22(6-10-25)30(34,35)44-26-7-2-20(3-8-26)4-11-27(38)42-12-1-13-43-28(39)21-16-23(36)18-24(37)17-21/h2-11,16-18H,1,12-15,19,36-37H2/b11-4+. The molecule has 0 aliphatic carbocycles. The Hall–Kier alpha value is -4.85. The number of anilines is 2. The van der Waals surface area contributed by atoms with Crippen molar-refractivity contribution in [2.45, 2.75) is 18.7 Å². The third-order valence-corrected chi connectivity index (χ3v) is 5.47. The van der Waals surface area contributed by atoms with E-state index in [1.807, 2.05) is 0 Å². The van der Waals surface area contributed by atoms with E-state index in [0.29, 0.717) is 16.9 Å². The molecule has 0 bridgehead atoms. The van der Waals surface area contributed by atoms with Gasteiger partial charge in [0.25, 0.3) is 0 Å². The smallest absolute Gasteiger partial charge is 0.426 e. The van der Waals surface area contributed by atoms with E-state index in [2.05, 4.69) is 4.74 Å². The van der Waals surface area contributed by atoms with E-state index in [-0.39, 0.29) is 49.9 Å². The second kappa shape index (κ2) is 15.6. The number of carbonyl (C=O) groups is 2. The molecule has 0 spiro atoms. The van der Waals surface area contributed by atoms with Crippen LogP contribution in [0.25, 0.3) is 6.08 Å². The highest BCUT2D eigenvalue weighted by atomic mass is 19.4. The molecule has 0 unspecified atom stereocenters. The van der Waals surface area contributed by atoms with Gasteiger partial charge < -0.3 is 35.2 Å². The Morgan fingerprint density at radius 3 is 2.00 bits per heavy atom. The number of hydrogen-bond acceptors (Lipinski definition) is 9. The normalized spacial score (nSPS) is 11.8. The molecular formula is C30H29F5N2O7. The lowest BCUT2D eigenvalue weighted by atomic mass is 10.2. The summed E-state index contributed by atoms with van der Waals surface area (Å²) in [5.74, 6) is -1.25. The molecular weight excluding hydrogens is 595 g/mol. The van der Waals surface area contributed by atoms with Gasteiger partial charge in [-0.2, -0.15) is 22.0 Å². The summed E-state index contributed by atoms with van der Waals surface area (Å²) >= 11 is 0. The molecule has 3 aromatic rings. The number of benzene rings is 3. The van der Waals surface area contributed by atoms with E-state index in [4.69, 9.17) is 30.4 Å². The SMILES string of the molecule is Nc1cc(N)cc(C(=O)OCCCOC(=O)/C=C/c2ccc(OC(F)(F)c3ccc(OCCOCC(F)(F)F)cc3)cc2)c1. The molecule has 0 fully saturated rings. The van der Waals surface area contributed by atoms with Gasteiger partial charge in [0.15, 0.2) is 0 Å². The van der Waals surface area contributed by atoms with Crippen LogP contribution in [0.3, 0.4) is 0 Å². The number of nitrogens with two attached hydrogens (primary N) is 2. The van der Waals surface area contributed by atoms with Crippen molar-refractivity contribution in [2.75, 3.05) is 44.5 Å². The van der Waals surface area contributed by atoms with Crippen molar-refractivity contribution in [3.63, 3.8) is 0 Å². The van der Waals surface area contributed by atoms with Gasteiger partial charge in [-0.25, -0.2) is 9.59 Å². The first-order valence-corrected chi connectivity index (χ1v) is 13.0. The fourth-order valence-corrected chi connectivity index (χ4v) is 3.49. The summed E-state index contributed by atoms with van der Waals surface area (Å²) in [4.78, 5) is 24.0. The van der Waals surface area contributed by atoms with Crippen LogP contribution < -0.4 is 20.9 Å². The lowest BCUT2D eigenvalue weighted by Crippen LogP contribution is -2.21. The Balaban J connectivity index is 1.38. The fraction of sp³-hybridized carbons (Fsp3) is 0.267. The minimum atomic E-state index is -4.45. The molecule has 44 heavy (non-hydrogen) atoms. The monoisotopic (exact) mass is 624 g/mol. The van der Waals surface area contributed by atoms with Gasteiger partial charge in [0.05, 0.1) is 30.9 Å². The van der Waals surface area contributed by atoms with Gasteiger partial charge in [0, 0.05) is 23.9 Å². The summed E-state index contributed by atoms with van der Waals surface area (Å²) in [6.45, 7) is -1.94. The van der Waals surface area contributed by atoms with Gasteiger partial charge in [0.1, 0.15) is 24.7 Å². The zero-order valence-corrected chi connectivity index (χ0v) is 23.2. The molecule has 3 aromatic carbocycles. The lowest BCUT2D eigenvalue weighted by Gasteiger charge is -2.18. The highest BCUT2D eigenvalue weighted by Crippen LogP contribution is 2.32. The Labute approximate surface area is 249 Å². The predicted octanol–water partition coefficient (Wildman–Crippen LogP) is 5.74. The Kier molecular flexibility index (Phi) is 11.9. The number of esters is 2. The lowest BCUT2D eigenvalue weighted by molar-refractivity contribution is -0.185. The molecule has 0 radical (unpaired) electrons. The zero-order valence-electron chi connectivity index (χ0n) is 23.2. The molecule has 0 amide bonds. The first-order valence-electron chi connectivity index (χ1n) is 13.0. The molecule has 0 aromatic heterocycles. The molecule has 0 aliphatic heterocycles. The van der Waals surface area contributed by atoms with Crippen molar-refractivity contribution in [2.24, 2.45) is 0 Å². The highest BCUT2D eigenvalue weighted by molar-refractivity contribution is 5.91. The molecule has 9 nitrogen and oxygen atoms in total. The number of alkyl halides is 5. The molecule has 14 heteroatoms. The summed E-state index contributed by atoms with van der Waals surface area (Å²) in [7, 11) is 0. The number of carbonyl (C=O) groups excluding carboxylic acids is 2. The first-order chi connectivity index (χ1) is 20.8. The van der Waals surface area contributed by atoms with E-state index >= 15 is 0 Å².